The second-order valence-corrected chi connectivity index (χ2v) is 3.65. The molecule has 1 aliphatic heterocycles. The highest BCUT2D eigenvalue weighted by atomic mass is 15.0. The Morgan fingerprint density at radius 2 is 2.13 bits per heavy atom. The molecule has 2 aromatic rings. The maximum absolute atomic E-state index is 4.38. The van der Waals surface area contributed by atoms with E-state index in [-0.39, 0.29) is 6.04 Å². The van der Waals surface area contributed by atoms with Gasteiger partial charge in [-0.3, -0.25) is 9.98 Å². The largest absolute Gasteiger partial charge is 0.374 e. The average Bonchev–Trinajstić information content (AvgIpc) is 2.82. The van der Waals surface area contributed by atoms with Gasteiger partial charge in [-0.05, 0) is 5.39 Å². The summed E-state index contributed by atoms with van der Waals surface area (Å²) in [6.07, 6.45) is 5.58. The molecule has 2 heterocycles. The normalized spacial score (nSPS) is 19.3. The predicted molar refractivity (Wildman–Crippen MR) is 61.0 cm³/mol. The zero-order chi connectivity index (χ0) is 10.1. The number of aromatic nitrogens is 1. The van der Waals surface area contributed by atoms with Crippen molar-refractivity contribution in [3.63, 3.8) is 0 Å². The van der Waals surface area contributed by atoms with E-state index in [0.29, 0.717) is 0 Å². The van der Waals surface area contributed by atoms with Crippen LogP contribution in [0.3, 0.4) is 0 Å². The van der Waals surface area contributed by atoms with E-state index in [9.17, 15) is 0 Å². The lowest BCUT2D eigenvalue weighted by Gasteiger charge is -2.09. The van der Waals surface area contributed by atoms with Gasteiger partial charge in [-0.25, -0.2) is 0 Å². The molecule has 74 valence electrons. The Bertz CT molecular complexity index is 514. The van der Waals surface area contributed by atoms with Crippen molar-refractivity contribution in [2.24, 2.45) is 4.99 Å². The second-order valence-electron chi connectivity index (χ2n) is 3.65. The first-order valence-corrected chi connectivity index (χ1v) is 5.03. The lowest BCUT2D eigenvalue weighted by Crippen LogP contribution is -2.10. The third kappa shape index (κ3) is 1.36. The molecule has 0 bridgehead atoms. The van der Waals surface area contributed by atoms with Crippen LogP contribution in [0.25, 0.3) is 10.8 Å². The number of hydrogen-bond donors (Lipinski definition) is 1. The van der Waals surface area contributed by atoms with Crippen molar-refractivity contribution in [1.29, 1.82) is 0 Å². The first-order chi connectivity index (χ1) is 7.45. The van der Waals surface area contributed by atoms with Crippen molar-refractivity contribution in [2.45, 2.75) is 6.04 Å². The summed E-state index contributed by atoms with van der Waals surface area (Å²) in [6.45, 7) is 0.871. The van der Waals surface area contributed by atoms with Gasteiger partial charge in [0.2, 0.25) is 0 Å². The third-order valence-electron chi connectivity index (χ3n) is 2.72. The minimum absolute atomic E-state index is 0.212. The molecule has 3 nitrogen and oxygen atoms in total. The van der Waals surface area contributed by atoms with Crippen LogP contribution < -0.4 is 5.32 Å². The van der Waals surface area contributed by atoms with Crippen molar-refractivity contribution in [2.75, 3.05) is 6.54 Å². The molecule has 3 rings (SSSR count). The summed E-state index contributed by atoms with van der Waals surface area (Å²) in [5, 5.41) is 5.54. The molecule has 0 spiro atoms. The van der Waals surface area contributed by atoms with Crippen molar-refractivity contribution < 1.29 is 0 Å². The number of pyridine rings is 1. The Balaban J connectivity index is 2.21. The zero-order valence-electron chi connectivity index (χ0n) is 8.22. The first kappa shape index (κ1) is 8.41. The van der Waals surface area contributed by atoms with Crippen LogP contribution in [0.4, 0.5) is 0 Å². The van der Waals surface area contributed by atoms with E-state index in [4.69, 9.17) is 0 Å². The molecule has 1 atom stereocenters. The van der Waals surface area contributed by atoms with Crippen molar-refractivity contribution >= 4 is 17.1 Å². The molecule has 1 aromatic heterocycles. The minimum atomic E-state index is 0.212. The van der Waals surface area contributed by atoms with E-state index in [0.717, 1.165) is 6.54 Å². The molecule has 15 heavy (non-hydrogen) atoms. The smallest absolute Gasteiger partial charge is 0.0959 e. The molecular formula is C12H11N3. The molecule has 0 saturated carbocycles. The summed E-state index contributed by atoms with van der Waals surface area (Å²) >= 11 is 0. The van der Waals surface area contributed by atoms with Crippen LogP contribution >= 0.6 is 0 Å². The molecule has 0 fully saturated rings. The van der Waals surface area contributed by atoms with Gasteiger partial charge in [-0.2, -0.15) is 0 Å². The van der Waals surface area contributed by atoms with Gasteiger partial charge < -0.3 is 5.32 Å². The van der Waals surface area contributed by atoms with Crippen LogP contribution in [0.5, 0.6) is 0 Å². The van der Waals surface area contributed by atoms with Crippen molar-refractivity contribution in [3.8, 4) is 0 Å². The highest BCUT2D eigenvalue weighted by Crippen LogP contribution is 2.25. The summed E-state index contributed by atoms with van der Waals surface area (Å²) in [5.41, 5.74) is 1.20. The summed E-state index contributed by atoms with van der Waals surface area (Å²) in [7, 11) is 0. The van der Waals surface area contributed by atoms with E-state index in [1.54, 1.807) is 6.34 Å². The van der Waals surface area contributed by atoms with Crippen LogP contribution in [-0.4, -0.2) is 17.9 Å². The maximum Gasteiger partial charge on any atom is 0.0959 e. The minimum Gasteiger partial charge on any atom is -0.374 e. The first-order valence-electron chi connectivity index (χ1n) is 5.03. The average molecular weight is 197 g/mol. The number of hydrogen-bond acceptors (Lipinski definition) is 3. The van der Waals surface area contributed by atoms with Gasteiger partial charge in [0.15, 0.2) is 0 Å². The molecule has 0 radical (unpaired) electrons. The van der Waals surface area contributed by atoms with Gasteiger partial charge in [0, 0.05) is 29.9 Å². The van der Waals surface area contributed by atoms with Crippen LogP contribution in [0.15, 0.2) is 41.7 Å². The van der Waals surface area contributed by atoms with E-state index >= 15 is 0 Å². The van der Waals surface area contributed by atoms with E-state index in [2.05, 4.69) is 33.5 Å². The topological polar surface area (TPSA) is 37.3 Å². The molecular weight excluding hydrogens is 186 g/mol. The fourth-order valence-corrected chi connectivity index (χ4v) is 1.96. The Kier molecular flexibility index (Phi) is 1.88. The summed E-state index contributed by atoms with van der Waals surface area (Å²) < 4.78 is 0. The number of nitrogens with one attached hydrogen (secondary N) is 1. The predicted octanol–water partition coefficient (Wildman–Crippen LogP) is 1.91. The van der Waals surface area contributed by atoms with E-state index in [1.807, 2.05) is 18.5 Å². The van der Waals surface area contributed by atoms with Gasteiger partial charge in [0.05, 0.1) is 12.4 Å². The standard InChI is InChI=1S/C12H11N3/c1-2-4-10-9(3-1)5-13-6-11(10)12-7-14-8-15-12/h1-6,8,12H,7H2,(H,14,15). The highest BCUT2D eigenvalue weighted by molar-refractivity contribution is 5.85. The molecule has 1 aliphatic rings. The molecule has 1 aromatic carbocycles. The van der Waals surface area contributed by atoms with Gasteiger partial charge in [-0.15, -0.1) is 0 Å². The zero-order valence-corrected chi connectivity index (χ0v) is 8.22. The SMILES string of the molecule is C1=NC(c2cncc3ccccc23)CN1. The van der Waals surface area contributed by atoms with Gasteiger partial charge in [0.1, 0.15) is 0 Å². The Morgan fingerprint density at radius 3 is 3.00 bits per heavy atom. The Hall–Kier alpha value is -1.90. The monoisotopic (exact) mass is 197 g/mol. The van der Waals surface area contributed by atoms with E-state index < -0.39 is 0 Å². The fourth-order valence-electron chi connectivity index (χ4n) is 1.96. The van der Waals surface area contributed by atoms with Gasteiger partial charge >= 0.3 is 0 Å². The Labute approximate surface area is 87.9 Å². The second kappa shape index (κ2) is 3.35. The van der Waals surface area contributed by atoms with Crippen LogP contribution in [0.2, 0.25) is 0 Å². The molecule has 1 unspecified atom stereocenters. The molecule has 3 heteroatoms. The van der Waals surface area contributed by atoms with Crippen LogP contribution in [0.1, 0.15) is 11.6 Å². The van der Waals surface area contributed by atoms with Crippen molar-refractivity contribution in [1.82, 2.24) is 10.3 Å². The van der Waals surface area contributed by atoms with Gasteiger partial charge in [-0.1, -0.05) is 24.3 Å². The summed E-state index contributed by atoms with van der Waals surface area (Å²) in [4.78, 5) is 8.64. The van der Waals surface area contributed by atoms with Crippen LogP contribution in [0, 0.1) is 0 Å². The number of nitrogens with zero attached hydrogens (tertiary/aromatic N) is 2. The molecule has 0 aliphatic carbocycles. The maximum atomic E-state index is 4.38. The van der Waals surface area contributed by atoms with Crippen molar-refractivity contribution in [3.05, 3.63) is 42.2 Å². The number of benzene rings is 1. The highest BCUT2D eigenvalue weighted by Gasteiger charge is 2.15. The summed E-state index contributed by atoms with van der Waals surface area (Å²) in [6, 6.07) is 8.50. The number of rotatable bonds is 1. The Morgan fingerprint density at radius 1 is 1.20 bits per heavy atom. The molecule has 0 saturated heterocycles. The van der Waals surface area contributed by atoms with E-state index in [1.165, 1.54) is 16.3 Å². The summed E-state index contributed by atoms with van der Waals surface area (Å²) in [5.74, 6) is 0. The lowest BCUT2D eigenvalue weighted by atomic mass is 10.0. The molecule has 0 amide bonds. The quantitative estimate of drug-likeness (QED) is 0.758. The lowest BCUT2D eigenvalue weighted by molar-refractivity contribution is 0.754. The van der Waals surface area contributed by atoms with Crippen LogP contribution in [-0.2, 0) is 0 Å². The fraction of sp³-hybridized carbons (Fsp3) is 0.167. The molecule has 1 N–H and O–H groups in total. The number of aliphatic imine (C=N–C) groups is 1. The third-order valence-corrected chi connectivity index (χ3v) is 2.72. The van der Waals surface area contributed by atoms with Gasteiger partial charge in [0.25, 0.3) is 0 Å². The number of fused-ring (bicyclic) bond motifs is 1.